The molecule has 3 aliphatic rings. The Balaban J connectivity index is 1.83. The SMILES string of the molecule is CC1(C)CNC[C@@]2(C[C@H]3CC[C@H]2C3)O1. The van der Waals surface area contributed by atoms with Crippen LogP contribution in [-0.4, -0.2) is 24.3 Å². The highest BCUT2D eigenvalue weighted by atomic mass is 16.5. The van der Waals surface area contributed by atoms with Crippen LogP contribution in [0.15, 0.2) is 0 Å². The zero-order chi connectivity index (χ0) is 9.81. The van der Waals surface area contributed by atoms with E-state index in [1.807, 2.05) is 0 Å². The van der Waals surface area contributed by atoms with Crippen LogP contribution in [-0.2, 0) is 4.74 Å². The fraction of sp³-hybridized carbons (Fsp3) is 1.00. The van der Waals surface area contributed by atoms with Crippen molar-refractivity contribution in [1.29, 1.82) is 0 Å². The van der Waals surface area contributed by atoms with Crippen molar-refractivity contribution in [1.82, 2.24) is 5.32 Å². The number of ether oxygens (including phenoxy) is 1. The molecule has 3 atom stereocenters. The van der Waals surface area contributed by atoms with E-state index in [0.29, 0.717) is 0 Å². The minimum atomic E-state index is 0.0444. The molecule has 3 fully saturated rings. The van der Waals surface area contributed by atoms with Gasteiger partial charge in [-0.1, -0.05) is 0 Å². The lowest BCUT2D eigenvalue weighted by Crippen LogP contribution is -2.60. The van der Waals surface area contributed by atoms with Crippen LogP contribution in [0, 0.1) is 11.8 Å². The molecule has 0 unspecified atom stereocenters. The first kappa shape index (κ1) is 9.17. The molecule has 80 valence electrons. The van der Waals surface area contributed by atoms with Gasteiger partial charge in [-0.25, -0.2) is 0 Å². The highest BCUT2D eigenvalue weighted by molar-refractivity contribution is 5.06. The van der Waals surface area contributed by atoms with Gasteiger partial charge in [-0.05, 0) is 51.4 Å². The zero-order valence-corrected chi connectivity index (χ0v) is 9.31. The van der Waals surface area contributed by atoms with Gasteiger partial charge in [0.05, 0.1) is 11.2 Å². The summed E-state index contributed by atoms with van der Waals surface area (Å²) in [6.07, 6.45) is 5.60. The lowest BCUT2D eigenvalue weighted by molar-refractivity contribution is -0.184. The van der Waals surface area contributed by atoms with E-state index in [2.05, 4.69) is 19.2 Å². The van der Waals surface area contributed by atoms with Gasteiger partial charge in [0, 0.05) is 13.1 Å². The fourth-order valence-corrected chi connectivity index (χ4v) is 3.93. The molecule has 1 N–H and O–H groups in total. The van der Waals surface area contributed by atoms with Crippen LogP contribution in [0.25, 0.3) is 0 Å². The lowest BCUT2D eigenvalue weighted by atomic mass is 9.82. The van der Waals surface area contributed by atoms with Crippen LogP contribution < -0.4 is 5.32 Å². The van der Waals surface area contributed by atoms with Crippen LogP contribution in [0.3, 0.4) is 0 Å². The van der Waals surface area contributed by atoms with Crippen LogP contribution in [0.4, 0.5) is 0 Å². The Morgan fingerprint density at radius 1 is 1.21 bits per heavy atom. The molecular formula is C12H21NO. The minimum Gasteiger partial charge on any atom is -0.366 e. The molecule has 2 aliphatic carbocycles. The highest BCUT2D eigenvalue weighted by Crippen LogP contribution is 2.54. The number of morpholine rings is 1. The zero-order valence-electron chi connectivity index (χ0n) is 9.31. The summed E-state index contributed by atoms with van der Waals surface area (Å²) in [5.74, 6) is 1.82. The quantitative estimate of drug-likeness (QED) is 0.638. The lowest BCUT2D eigenvalue weighted by Gasteiger charge is -2.48. The van der Waals surface area contributed by atoms with Crippen LogP contribution >= 0.6 is 0 Å². The second-order valence-corrected chi connectivity index (χ2v) is 6.11. The van der Waals surface area contributed by atoms with Crippen LogP contribution in [0.1, 0.15) is 39.5 Å². The molecule has 0 amide bonds. The molecule has 0 aromatic rings. The van der Waals surface area contributed by atoms with Crippen LogP contribution in [0.2, 0.25) is 0 Å². The van der Waals surface area contributed by atoms with Gasteiger partial charge in [0.25, 0.3) is 0 Å². The molecule has 0 radical (unpaired) electrons. The third-order valence-corrected chi connectivity index (χ3v) is 4.37. The van der Waals surface area contributed by atoms with E-state index in [1.54, 1.807) is 0 Å². The van der Waals surface area contributed by atoms with Gasteiger partial charge in [0.1, 0.15) is 0 Å². The van der Waals surface area contributed by atoms with E-state index >= 15 is 0 Å². The standard InChI is InChI=1S/C12H21NO/c1-11(2)7-13-8-12(14-11)6-9-3-4-10(12)5-9/h9-10,13H,3-8H2,1-2H3/t9-,10-,12+/m0/s1. The highest BCUT2D eigenvalue weighted by Gasteiger charge is 2.55. The van der Waals surface area contributed by atoms with E-state index < -0.39 is 0 Å². The second kappa shape index (κ2) is 2.73. The summed E-state index contributed by atoms with van der Waals surface area (Å²) < 4.78 is 6.39. The van der Waals surface area contributed by atoms with Gasteiger partial charge in [-0.15, -0.1) is 0 Å². The molecule has 2 bridgehead atoms. The average molecular weight is 195 g/mol. The molecule has 0 aromatic heterocycles. The Morgan fingerprint density at radius 2 is 2.07 bits per heavy atom. The molecule has 2 saturated carbocycles. The largest absolute Gasteiger partial charge is 0.366 e. The Morgan fingerprint density at radius 3 is 2.64 bits per heavy atom. The molecule has 1 heterocycles. The first-order valence-electron chi connectivity index (χ1n) is 6.01. The normalized spacial score (nSPS) is 50.1. The van der Waals surface area contributed by atoms with E-state index in [-0.39, 0.29) is 11.2 Å². The summed E-state index contributed by atoms with van der Waals surface area (Å²) in [7, 11) is 0. The van der Waals surface area contributed by atoms with Crippen molar-refractivity contribution >= 4 is 0 Å². The number of rotatable bonds is 0. The smallest absolute Gasteiger partial charge is 0.0844 e. The van der Waals surface area contributed by atoms with Crippen molar-refractivity contribution < 1.29 is 4.74 Å². The maximum Gasteiger partial charge on any atom is 0.0844 e. The molecule has 1 spiro atoms. The van der Waals surface area contributed by atoms with E-state index in [4.69, 9.17) is 4.74 Å². The maximum atomic E-state index is 6.39. The Hall–Kier alpha value is -0.0800. The van der Waals surface area contributed by atoms with Gasteiger partial charge >= 0.3 is 0 Å². The average Bonchev–Trinajstić information content (AvgIpc) is 2.60. The summed E-state index contributed by atoms with van der Waals surface area (Å²) in [5, 5.41) is 3.57. The Labute approximate surface area is 86.4 Å². The molecule has 2 heteroatoms. The summed E-state index contributed by atoms with van der Waals surface area (Å²) in [6, 6.07) is 0. The first-order valence-corrected chi connectivity index (χ1v) is 6.01. The molecular weight excluding hydrogens is 174 g/mol. The van der Waals surface area contributed by atoms with E-state index in [9.17, 15) is 0 Å². The van der Waals surface area contributed by atoms with Crippen molar-refractivity contribution in [2.24, 2.45) is 11.8 Å². The van der Waals surface area contributed by atoms with Gasteiger partial charge in [0.2, 0.25) is 0 Å². The summed E-state index contributed by atoms with van der Waals surface area (Å²) >= 11 is 0. The minimum absolute atomic E-state index is 0.0444. The molecule has 3 rings (SSSR count). The van der Waals surface area contributed by atoms with Crippen LogP contribution in [0.5, 0.6) is 0 Å². The second-order valence-electron chi connectivity index (χ2n) is 6.11. The molecule has 14 heavy (non-hydrogen) atoms. The number of fused-ring (bicyclic) bond motifs is 3. The van der Waals surface area contributed by atoms with E-state index in [1.165, 1.54) is 25.7 Å². The van der Waals surface area contributed by atoms with Crippen molar-refractivity contribution in [3.8, 4) is 0 Å². The molecule has 2 nitrogen and oxygen atoms in total. The summed E-state index contributed by atoms with van der Waals surface area (Å²) in [4.78, 5) is 0. The van der Waals surface area contributed by atoms with Gasteiger partial charge in [-0.3, -0.25) is 0 Å². The Bertz CT molecular complexity index is 251. The predicted octanol–water partition coefficient (Wildman–Crippen LogP) is 1.94. The Kier molecular flexibility index (Phi) is 1.79. The summed E-state index contributed by atoms with van der Waals surface area (Å²) in [6.45, 7) is 6.53. The third-order valence-electron chi connectivity index (χ3n) is 4.37. The predicted molar refractivity (Wildman–Crippen MR) is 56.2 cm³/mol. The monoisotopic (exact) mass is 195 g/mol. The van der Waals surface area contributed by atoms with E-state index in [0.717, 1.165) is 24.9 Å². The van der Waals surface area contributed by atoms with Gasteiger partial charge in [0.15, 0.2) is 0 Å². The van der Waals surface area contributed by atoms with Crippen molar-refractivity contribution in [3.05, 3.63) is 0 Å². The molecule has 0 aromatic carbocycles. The topological polar surface area (TPSA) is 21.3 Å². The number of hydrogen-bond donors (Lipinski definition) is 1. The van der Waals surface area contributed by atoms with Crippen molar-refractivity contribution in [3.63, 3.8) is 0 Å². The number of nitrogens with one attached hydrogen (secondary N) is 1. The first-order chi connectivity index (χ1) is 6.60. The van der Waals surface area contributed by atoms with Crippen molar-refractivity contribution in [2.75, 3.05) is 13.1 Å². The van der Waals surface area contributed by atoms with Gasteiger partial charge in [-0.2, -0.15) is 0 Å². The molecule has 1 saturated heterocycles. The molecule has 1 aliphatic heterocycles. The van der Waals surface area contributed by atoms with Gasteiger partial charge < -0.3 is 10.1 Å². The van der Waals surface area contributed by atoms with Crippen molar-refractivity contribution in [2.45, 2.75) is 50.7 Å². The maximum absolute atomic E-state index is 6.39. The fourth-order valence-electron chi connectivity index (χ4n) is 3.93. The third kappa shape index (κ3) is 1.24. The number of hydrogen-bond acceptors (Lipinski definition) is 2. The summed E-state index contributed by atoms with van der Waals surface area (Å²) in [5.41, 5.74) is 0.257.